The molecule has 2 aliphatic heterocycles. The molecule has 0 spiro atoms. The zero-order chi connectivity index (χ0) is 16.8. The quantitative estimate of drug-likeness (QED) is 0.709. The normalized spacial score (nSPS) is 18.0. The van der Waals surface area contributed by atoms with Gasteiger partial charge in [0.05, 0.1) is 28.7 Å². The first kappa shape index (κ1) is 14.5. The van der Waals surface area contributed by atoms with Gasteiger partial charge in [-0.3, -0.25) is 20.2 Å². The van der Waals surface area contributed by atoms with Crippen LogP contribution >= 0.6 is 11.8 Å². The summed E-state index contributed by atoms with van der Waals surface area (Å²) in [6.45, 7) is 0.665. The second-order valence-electron chi connectivity index (χ2n) is 6.05. The molecule has 1 unspecified atom stereocenters. The van der Waals surface area contributed by atoms with Crippen LogP contribution in [0.1, 0.15) is 17.0 Å². The monoisotopic (exact) mass is 352 g/mol. The molecule has 0 radical (unpaired) electrons. The molecule has 25 heavy (non-hydrogen) atoms. The Balaban J connectivity index is 1.47. The van der Waals surface area contributed by atoms with Crippen LogP contribution in [0.4, 0.5) is 0 Å². The minimum atomic E-state index is 0.179. The van der Waals surface area contributed by atoms with E-state index < -0.39 is 0 Å². The number of aromatic amines is 2. The van der Waals surface area contributed by atoms with Gasteiger partial charge in [0.1, 0.15) is 10.9 Å². The highest BCUT2D eigenvalue weighted by Gasteiger charge is 2.26. The first-order valence-corrected chi connectivity index (χ1v) is 8.88. The highest BCUT2D eigenvalue weighted by Crippen LogP contribution is 2.30. The molecule has 0 saturated heterocycles. The molecule has 2 N–H and O–H groups in total. The average Bonchev–Trinajstić information content (AvgIpc) is 3.38. The van der Waals surface area contributed by atoms with E-state index in [1.54, 1.807) is 24.2 Å². The smallest absolute Gasteiger partial charge is 0.143 e. The van der Waals surface area contributed by atoms with Gasteiger partial charge in [-0.2, -0.15) is 15.3 Å². The molecule has 0 bridgehead atoms. The SMILES string of the molecule is Cn1c2c(c3c1=NC(Cc1ccn[nH]1)S3)C=NN(Cc1ccn[nH]1)C=2. The van der Waals surface area contributed by atoms with E-state index in [1.165, 1.54) is 4.90 Å². The molecule has 5 rings (SSSR count). The van der Waals surface area contributed by atoms with E-state index >= 15 is 0 Å². The summed E-state index contributed by atoms with van der Waals surface area (Å²) < 4.78 is 2.15. The second-order valence-corrected chi connectivity index (χ2v) is 7.24. The van der Waals surface area contributed by atoms with Crippen LogP contribution in [0.2, 0.25) is 0 Å². The minimum absolute atomic E-state index is 0.179. The number of hydrogen-bond acceptors (Lipinski definition) is 6. The second kappa shape index (κ2) is 5.62. The molecule has 8 nitrogen and oxygen atoms in total. The number of H-pyrrole nitrogens is 2. The predicted octanol–water partition coefficient (Wildman–Crippen LogP) is 0.353. The summed E-state index contributed by atoms with van der Waals surface area (Å²) in [6, 6.07) is 3.95. The fourth-order valence-electron chi connectivity index (χ4n) is 3.14. The van der Waals surface area contributed by atoms with Crippen molar-refractivity contribution in [3.05, 3.63) is 52.3 Å². The molecule has 0 saturated carbocycles. The fraction of sp³-hybridized carbons (Fsp3) is 0.250. The Kier molecular flexibility index (Phi) is 3.27. The van der Waals surface area contributed by atoms with Crippen molar-refractivity contribution in [2.75, 3.05) is 0 Å². The molecular formula is C16H16N8S. The summed E-state index contributed by atoms with van der Waals surface area (Å²) in [4.78, 5) is 6.10. The summed E-state index contributed by atoms with van der Waals surface area (Å²) in [5.74, 6) is 0. The highest BCUT2D eigenvalue weighted by molar-refractivity contribution is 8.00. The maximum atomic E-state index is 4.89. The maximum absolute atomic E-state index is 4.89. The topological polar surface area (TPSA) is 90.2 Å². The summed E-state index contributed by atoms with van der Waals surface area (Å²) >= 11 is 1.80. The Morgan fingerprint density at radius 3 is 2.72 bits per heavy atom. The third-order valence-electron chi connectivity index (χ3n) is 4.37. The van der Waals surface area contributed by atoms with Gasteiger partial charge in [-0.05, 0) is 12.1 Å². The Hall–Kier alpha value is -2.81. The van der Waals surface area contributed by atoms with Crippen molar-refractivity contribution in [3.63, 3.8) is 0 Å². The van der Waals surface area contributed by atoms with Gasteiger partial charge in [0.25, 0.3) is 0 Å². The number of rotatable bonds is 4. The summed E-state index contributed by atoms with van der Waals surface area (Å²) in [6.07, 6.45) is 8.38. The van der Waals surface area contributed by atoms with Crippen LogP contribution in [-0.2, 0) is 20.0 Å². The van der Waals surface area contributed by atoms with Crippen molar-refractivity contribution in [2.45, 2.75) is 23.2 Å². The summed E-state index contributed by atoms with van der Waals surface area (Å²) in [5, 5.41) is 21.7. The first-order valence-electron chi connectivity index (χ1n) is 8.00. The number of nitrogens with one attached hydrogen (secondary N) is 2. The van der Waals surface area contributed by atoms with Crippen LogP contribution in [-0.4, -0.2) is 41.6 Å². The van der Waals surface area contributed by atoms with Crippen molar-refractivity contribution in [1.29, 1.82) is 0 Å². The lowest BCUT2D eigenvalue weighted by Crippen LogP contribution is -2.30. The van der Waals surface area contributed by atoms with Gasteiger partial charge in [-0.15, -0.1) is 0 Å². The summed E-state index contributed by atoms with van der Waals surface area (Å²) in [7, 11) is 2.06. The van der Waals surface area contributed by atoms with Crippen LogP contribution in [0.15, 0.2) is 39.5 Å². The maximum Gasteiger partial charge on any atom is 0.143 e. The number of hydrogen-bond donors (Lipinski definition) is 2. The predicted molar refractivity (Wildman–Crippen MR) is 94.3 cm³/mol. The van der Waals surface area contributed by atoms with Gasteiger partial charge in [0, 0.05) is 43.3 Å². The van der Waals surface area contributed by atoms with Crippen LogP contribution in [0, 0.1) is 0 Å². The molecule has 9 heteroatoms. The van der Waals surface area contributed by atoms with Crippen LogP contribution in [0.25, 0.3) is 6.20 Å². The van der Waals surface area contributed by atoms with Crippen LogP contribution in [0.3, 0.4) is 0 Å². The number of hydrazone groups is 1. The molecule has 3 aromatic rings. The Bertz CT molecular complexity index is 1040. The first-order chi connectivity index (χ1) is 12.3. The van der Waals surface area contributed by atoms with Crippen LogP contribution in [0.5, 0.6) is 0 Å². The molecule has 126 valence electrons. The number of nitrogens with zero attached hydrogens (tertiary/aromatic N) is 6. The number of thioether (sulfide) groups is 1. The van der Waals surface area contributed by atoms with E-state index in [4.69, 9.17) is 4.99 Å². The van der Waals surface area contributed by atoms with Gasteiger partial charge >= 0.3 is 0 Å². The minimum Gasteiger partial charge on any atom is -0.327 e. The van der Waals surface area contributed by atoms with Crippen molar-refractivity contribution in [1.82, 2.24) is 30.0 Å². The van der Waals surface area contributed by atoms with Crippen molar-refractivity contribution < 1.29 is 0 Å². The largest absolute Gasteiger partial charge is 0.327 e. The van der Waals surface area contributed by atoms with Gasteiger partial charge in [-0.1, -0.05) is 11.8 Å². The molecule has 3 aromatic heterocycles. The Labute approximate surface area is 147 Å². The van der Waals surface area contributed by atoms with Crippen molar-refractivity contribution in [2.24, 2.45) is 17.1 Å². The average molecular weight is 352 g/mol. The Morgan fingerprint density at radius 2 is 1.96 bits per heavy atom. The highest BCUT2D eigenvalue weighted by atomic mass is 32.2. The van der Waals surface area contributed by atoms with E-state index in [2.05, 4.69) is 43.3 Å². The third kappa shape index (κ3) is 2.47. The van der Waals surface area contributed by atoms with E-state index in [9.17, 15) is 0 Å². The lowest BCUT2D eigenvalue weighted by atomic mass is 10.3. The van der Waals surface area contributed by atoms with Gasteiger partial charge in [0.2, 0.25) is 0 Å². The van der Waals surface area contributed by atoms with E-state index in [0.717, 1.165) is 34.2 Å². The zero-order valence-corrected chi connectivity index (χ0v) is 14.4. The molecule has 0 aromatic carbocycles. The van der Waals surface area contributed by atoms with Gasteiger partial charge < -0.3 is 4.57 Å². The number of fused-ring (bicyclic) bond motifs is 3. The van der Waals surface area contributed by atoms with Crippen LogP contribution < -0.4 is 10.8 Å². The molecule has 0 aliphatic carbocycles. The molecule has 0 fully saturated rings. The van der Waals surface area contributed by atoms with Gasteiger partial charge in [0.15, 0.2) is 0 Å². The Morgan fingerprint density at radius 1 is 1.16 bits per heavy atom. The summed E-state index contributed by atoms with van der Waals surface area (Å²) in [5.41, 5.74) is 4.32. The number of aromatic nitrogens is 5. The molecule has 1 atom stereocenters. The lowest BCUT2D eigenvalue weighted by Gasteiger charge is -2.16. The van der Waals surface area contributed by atoms with Gasteiger partial charge in [-0.25, -0.2) is 0 Å². The molecular weight excluding hydrogens is 336 g/mol. The van der Waals surface area contributed by atoms with E-state index in [0.29, 0.717) is 6.54 Å². The third-order valence-corrected chi connectivity index (χ3v) is 5.56. The molecule has 5 heterocycles. The van der Waals surface area contributed by atoms with Crippen molar-refractivity contribution in [3.8, 4) is 0 Å². The van der Waals surface area contributed by atoms with E-state index in [-0.39, 0.29) is 5.37 Å². The zero-order valence-electron chi connectivity index (χ0n) is 13.5. The molecule has 2 aliphatic rings. The molecule has 0 amide bonds. The lowest BCUT2D eigenvalue weighted by molar-refractivity contribution is 0.421. The van der Waals surface area contributed by atoms with E-state index in [1.807, 2.05) is 23.4 Å². The fourth-order valence-corrected chi connectivity index (χ4v) is 4.41. The standard InChI is InChI=1S/C16H16N8S/c1-23-13-9-24(8-11-3-5-18-22-11)19-7-12(13)15-16(23)20-14(25-15)6-10-2-4-17-21-10/h2-5,7,9,14H,6,8H2,1H3,(H,17,21)(H,18,22). The van der Waals surface area contributed by atoms with Crippen molar-refractivity contribution >= 4 is 24.2 Å².